The summed E-state index contributed by atoms with van der Waals surface area (Å²) in [6.07, 6.45) is 1.22. The van der Waals surface area contributed by atoms with Crippen LogP contribution in [0.4, 0.5) is 0 Å². The summed E-state index contributed by atoms with van der Waals surface area (Å²) in [4.78, 5) is 10.7. The number of aliphatic hydroxyl groups is 1. The predicted octanol–water partition coefficient (Wildman–Crippen LogP) is 0.115. The van der Waals surface area contributed by atoms with Gasteiger partial charge in [0.2, 0.25) is 0 Å². The monoisotopic (exact) mass is 144 g/mol. The molecule has 1 N–H and O–H groups in total. The van der Waals surface area contributed by atoms with Crippen LogP contribution in [0.15, 0.2) is 0 Å². The van der Waals surface area contributed by atoms with E-state index in [2.05, 4.69) is 0 Å². The molecule has 0 aromatic heterocycles. The fraction of sp³-hybridized carbons (Fsp3) is 0.857. The standard InChI is InChI=1S/C7H12O3/c1-5(9)7-3-2-6(4-8)10-7/h6-8H,2-4H2,1H3. The molecule has 1 aliphatic heterocycles. The van der Waals surface area contributed by atoms with Gasteiger partial charge in [-0.15, -0.1) is 0 Å². The van der Waals surface area contributed by atoms with Gasteiger partial charge in [-0.3, -0.25) is 4.79 Å². The fourth-order valence-electron chi connectivity index (χ4n) is 1.14. The van der Waals surface area contributed by atoms with Crippen molar-refractivity contribution in [3.05, 3.63) is 0 Å². The Bertz CT molecular complexity index is 133. The Morgan fingerprint density at radius 3 is 2.70 bits per heavy atom. The van der Waals surface area contributed by atoms with Gasteiger partial charge in [0.1, 0.15) is 6.10 Å². The van der Waals surface area contributed by atoms with Crippen LogP contribution in [0.2, 0.25) is 0 Å². The van der Waals surface area contributed by atoms with E-state index in [1.54, 1.807) is 0 Å². The second kappa shape index (κ2) is 3.12. The number of carbonyl (C=O) groups is 1. The highest BCUT2D eigenvalue weighted by Crippen LogP contribution is 2.19. The smallest absolute Gasteiger partial charge is 0.158 e. The lowest BCUT2D eigenvalue weighted by molar-refractivity contribution is -0.128. The van der Waals surface area contributed by atoms with Crippen LogP contribution in [0.25, 0.3) is 0 Å². The molecule has 2 unspecified atom stereocenters. The summed E-state index contributed by atoms with van der Waals surface area (Å²) in [5.74, 6) is 0.0657. The Balaban J connectivity index is 2.35. The lowest BCUT2D eigenvalue weighted by Gasteiger charge is -2.07. The molecule has 0 aromatic carbocycles. The molecule has 2 atom stereocenters. The molecule has 3 nitrogen and oxygen atoms in total. The summed E-state index contributed by atoms with van der Waals surface area (Å²) in [5.41, 5.74) is 0. The molecule has 3 heteroatoms. The Kier molecular flexibility index (Phi) is 2.40. The van der Waals surface area contributed by atoms with Gasteiger partial charge in [0.15, 0.2) is 5.78 Å². The highest BCUT2D eigenvalue weighted by atomic mass is 16.5. The topological polar surface area (TPSA) is 46.5 Å². The Morgan fingerprint density at radius 1 is 1.70 bits per heavy atom. The van der Waals surface area contributed by atoms with Gasteiger partial charge in [-0.2, -0.15) is 0 Å². The predicted molar refractivity (Wildman–Crippen MR) is 35.7 cm³/mol. The second-order valence-electron chi connectivity index (χ2n) is 2.62. The van der Waals surface area contributed by atoms with Crippen molar-refractivity contribution in [3.8, 4) is 0 Å². The van der Waals surface area contributed by atoms with Crippen LogP contribution in [0, 0.1) is 0 Å². The van der Waals surface area contributed by atoms with E-state index in [0.717, 1.165) is 12.8 Å². The summed E-state index contributed by atoms with van der Waals surface area (Å²) in [6.45, 7) is 1.55. The van der Waals surface area contributed by atoms with E-state index in [1.165, 1.54) is 6.92 Å². The van der Waals surface area contributed by atoms with E-state index < -0.39 is 0 Å². The van der Waals surface area contributed by atoms with Crippen LogP contribution in [0.3, 0.4) is 0 Å². The van der Waals surface area contributed by atoms with Crippen molar-refractivity contribution < 1.29 is 14.6 Å². The van der Waals surface area contributed by atoms with Gasteiger partial charge in [-0.25, -0.2) is 0 Å². The Hall–Kier alpha value is -0.410. The van der Waals surface area contributed by atoms with Crippen LogP contribution < -0.4 is 0 Å². The lowest BCUT2D eigenvalue weighted by atomic mass is 10.1. The van der Waals surface area contributed by atoms with Crippen molar-refractivity contribution in [1.29, 1.82) is 0 Å². The van der Waals surface area contributed by atoms with Gasteiger partial charge in [-0.1, -0.05) is 0 Å². The van der Waals surface area contributed by atoms with Gasteiger partial charge >= 0.3 is 0 Å². The summed E-state index contributed by atoms with van der Waals surface area (Å²) in [6, 6.07) is 0. The van der Waals surface area contributed by atoms with Crippen LogP contribution in [-0.4, -0.2) is 29.7 Å². The average Bonchev–Trinajstić information content (AvgIpc) is 2.34. The first-order valence-electron chi connectivity index (χ1n) is 3.51. The molecule has 1 aliphatic rings. The molecular weight excluding hydrogens is 132 g/mol. The van der Waals surface area contributed by atoms with E-state index in [-0.39, 0.29) is 24.6 Å². The first-order valence-corrected chi connectivity index (χ1v) is 3.51. The number of ether oxygens (including phenoxy) is 1. The largest absolute Gasteiger partial charge is 0.394 e. The Morgan fingerprint density at radius 2 is 2.40 bits per heavy atom. The van der Waals surface area contributed by atoms with Crippen LogP contribution in [-0.2, 0) is 9.53 Å². The minimum absolute atomic E-state index is 0.0315. The first-order chi connectivity index (χ1) is 4.74. The number of Topliss-reactive ketones (excluding diaryl/α,β-unsaturated/α-hetero) is 1. The fourth-order valence-corrected chi connectivity index (χ4v) is 1.14. The van der Waals surface area contributed by atoms with Gasteiger partial charge in [-0.05, 0) is 19.8 Å². The molecule has 1 saturated heterocycles. The molecule has 0 aliphatic carbocycles. The summed E-state index contributed by atoms with van der Waals surface area (Å²) in [5, 5.41) is 8.63. The maximum Gasteiger partial charge on any atom is 0.158 e. The average molecular weight is 144 g/mol. The SMILES string of the molecule is CC(=O)C1CCC(CO)O1. The molecule has 0 spiro atoms. The highest BCUT2D eigenvalue weighted by molar-refractivity contribution is 5.80. The van der Waals surface area contributed by atoms with Gasteiger partial charge in [0.05, 0.1) is 12.7 Å². The third-order valence-electron chi connectivity index (χ3n) is 1.76. The van der Waals surface area contributed by atoms with Crippen LogP contribution >= 0.6 is 0 Å². The number of hydrogen-bond donors (Lipinski definition) is 1. The number of ketones is 1. The van der Waals surface area contributed by atoms with Crippen molar-refractivity contribution in [2.24, 2.45) is 0 Å². The molecule has 0 aromatic rings. The summed E-state index contributed by atoms with van der Waals surface area (Å²) < 4.78 is 5.17. The zero-order valence-corrected chi connectivity index (χ0v) is 6.04. The van der Waals surface area contributed by atoms with E-state index in [4.69, 9.17) is 9.84 Å². The van der Waals surface area contributed by atoms with Crippen molar-refractivity contribution in [1.82, 2.24) is 0 Å². The molecule has 0 saturated carbocycles. The second-order valence-corrected chi connectivity index (χ2v) is 2.62. The van der Waals surface area contributed by atoms with Crippen molar-refractivity contribution in [3.63, 3.8) is 0 Å². The minimum Gasteiger partial charge on any atom is -0.394 e. The maximum atomic E-state index is 10.7. The molecule has 1 rings (SSSR count). The number of carbonyl (C=O) groups excluding carboxylic acids is 1. The maximum absolute atomic E-state index is 10.7. The van der Waals surface area contributed by atoms with Crippen LogP contribution in [0.5, 0.6) is 0 Å². The van der Waals surface area contributed by atoms with Gasteiger partial charge in [0, 0.05) is 0 Å². The van der Waals surface area contributed by atoms with Crippen LogP contribution in [0.1, 0.15) is 19.8 Å². The van der Waals surface area contributed by atoms with Crippen molar-refractivity contribution >= 4 is 5.78 Å². The quantitative estimate of drug-likeness (QED) is 0.598. The molecule has 0 radical (unpaired) electrons. The third-order valence-corrected chi connectivity index (χ3v) is 1.76. The number of hydrogen-bond acceptors (Lipinski definition) is 3. The summed E-state index contributed by atoms with van der Waals surface area (Å²) in [7, 11) is 0. The van der Waals surface area contributed by atoms with E-state index in [1.807, 2.05) is 0 Å². The number of aliphatic hydroxyl groups excluding tert-OH is 1. The molecule has 0 bridgehead atoms. The molecule has 58 valence electrons. The summed E-state index contributed by atoms with van der Waals surface area (Å²) >= 11 is 0. The van der Waals surface area contributed by atoms with E-state index >= 15 is 0 Å². The lowest BCUT2D eigenvalue weighted by Crippen LogP contribution is -2.19. The van der Waals surface area contributed by atoms with E-state index in [0.29, 0.717) is 0 Å². The molecule has 0 amide bonds. The zero-order valence-electron chi connectivity index (χ0n) is 6.04. The zero-order chi connectivity index (χ0) is 7.56. The molecular formula is C7H12O3. The number of rotatable bonds is 2. The first kappa shape index (κ1) is 7.69. The highest BCUT2D eigenvalue weighted by Gasteiger charge is 2.27. The molecule has 10 heavy (non-hydrogen) atoms. The minimum atomic E-state index is -0.253. The normalized spacial score (nSPS) is 32.6. The third kappa shape index (κ3) is 1.55. The van der Waals surface area contributed by atoms with Crippen molar-refractivity contribution in [2.75, 3.05) is 6.61 Å². The molecule has 1 heterocycles. The Labute approximate surface area is 60.0 Å². The van der Waals surface area contributed by atoms with E-state index in [9.17, 15) is 4.79 Å². The van der Waals surface area contributed by atoms with Crippen molar-refractivity contribution in [2.45, 2.75) is 32.0 Å². The van der Waals surface area contributed by atoms with Gasteiger partial charge in [0.25, 0.3) is 0 Å². The molecule has 1 fully saturated rings. The van der Waals surface area contributed by atoms with Gasteiger partial charge < -0.3 is 9.84 Å².